The van der Waals surface area contributed by atoms with Crippen LogP contribution in [-0.4, -0.2) is 93.4 Å². The van der Waals surface area contributed by atoms with Crippen molar-refractivity contribution in [1.29, 1.82) is 0 Å². The Hall–Kier alpha value is -6.00. The lowest BCUT2D eigenvalue weighted by Crippen LogP contribution is -2.55. The maximum absolute atomic E-state index is 6.54. The van der Waals surface area contributed by atoms with E-state index in [2.05, 4.69) is 78.9 Å². The average Bonchev–Trinajstić information content (AvgIpc) is 3.64. The van der Waals surface area contributed by atoms with Gasteiger partial charge in [-0.25, -0.2) is 15.0 Å². The number of hydrogen-bond acceptors (Lipinski definition) is 4. The van der Waals surface area contributed by atoms with Gasteiger partial charge in [0.05, 0.1) is 0 Å². The molecule has 10 aromatic rings. The molecule has 0 bridgehead atoms. The van der Waals surface area contributed by atoms with Crippen LogP contribution in [0.1, 0.15) is 0 Å². The normalized spacial score (nSPS) is 11.7. The van der Waals surface area contributed by atoms with E-state index in [1.165, 1.54) is 26.9 Å². The van der Waals surface area contributed by atoms with Gasteiger partial charge in [-0.05, 0) is 67.7 Å². The van der Waals surface area contributed by atoms with Crippen molar-refractivity contribution >= 4 is 187 Å². The molecular formula is C45H17B10N3O. The highest BCUT2D eigenvalue weighted by Gasteiger charge is 2.23. The van der Waals surface area contributed by atoms with Crippen LogP contribution in [0.4, 0.5) is 0 Å². The first kappa shape index (κ1) is 37.3. The van der Waals surface area contributed by atoms with E-state index in [9.17, 15) is 0 Å². The number of aromatic nitrogens is 3. The number of fused-ring (bicyclic) bond motifs is 9. The second-order valence-corrected chi connectivity index (χ2v) is 14.5. The lowest BCUT2D eigenvalue weighted by atomic mass is 9.60. The number of benzene rings is 8. The SMILES string of the molecule is [B]c1c([B])c([B])c(-c2nc(-c3c([B])c([B])c([B])c([B])c3[B])nc(-c3cccc4oc5ccc(-c6ccc7c8ccccc8c8ccccc8c7c6)cc5c34)n2)c([B])c1[B]. The lowest BCUT2D eigenvalue weighted by molar-refractivity contribution is 0.669. The van der Waals surface area contributed by atoms with E-state index in [-0.39, 0.29) is 83.2 Å². The van der Waals surface area contributed by atoms with E-state index in [4.69, 9.17) is 97.8 Å². The minimum absolute atomic E-state index is 0.00701. The van der Waals surface area contributed by atoms with Crippen molar-refractivity contribution in [3.63, 3.8) is 0 Å². The second-order valence-electron chi connectivity index (χ2n) is 14.5. The fraction of sp³-hybridized carbons (Fsp3) is 0. The van der Waals surface area contributed by atoms with Crippen molar-refractivity contribution in [3.05, 3.63) is 103 Å². The summed E-state index contributed by atoms with van der Waals surface area (Å²) in [5, 5.41) is 8.69. The molecule has 0 aliphatic heterocycles. The van der Waals surface area contributed by atoms with E-state index in [1.54, 1.807) is 0 Å². The molecule has 0 saturated carbocycles. The molecule has 2 aromatic heterocycles. The molecule has 0 fully saturated rings. The Kier molecular flexibility index (Phi) is 8.72. The Morgan fingerprint density at radius 2 is 0.729 bits per heavy atom. The topological polar surface area (TPSA) is 51.8 Å². The summed E-state index contributed by atoms with van der Waals surface area (Å²) in [6.07, 6.45) is 0. The van der Waals surface area contributed by atoms with Crippen molar-refractivity contribution in [1.82, 2.24) is 15.0 Å². The first-order valence-electron chi connectivity index (χ1n) is 18.5. The van der Waals surface area contributed by atoms with Crippen LogP contribution >= 0.6 is 0 Å². The molecule has 0 saturated heterocycles. The number of nitrogens with zero attached hydrogens (tertiary/aromatic N) is 3. The van der Waals surface area contributed by atoms with Gasteiger partial charge in [0, 0.05) is 27.5 Å². The van der Waals surface area contributed by atoms with Crippen LogP contribution in [0.25, 0.3) is 99.5 Å². The van der Waals surface area contributed by atoms with Crippen LogP contribution in [-0.2, 0) is 0 Å². The number of rotatable bonds is 4. The summed E-state index contributed by atoms with van der Waals surface area (Å²) in [7, 11) is 63.7. The van der Waals surface area contributed by atoms with Crippen molar-refractivity contribution < 1.29 is 4.42 Å². The Balaban J connectivity index is 1.23. The predicted octanol–water partition coefficient (Wildman–Crippen LogP) is -0.163. The second kappa shape index (κ2) is 13.8. The molecular weight excluding hydrogens is 707 g/mol. The van der Waals surface area contributed by atoms with Gasteiger partial charge in [-0.2, -0.15) is 0 Å². The van der Waals surface area contributed by atoms with Gasteiger partial charge in [-0.3, -0.25) is 0 Å². The number of furan rings is 1. The largest absolute Gasteiger partial charge is 0.456 e. The summed E-state index contributed by atoms with van der Waals surface area (Å²) in [5.41, 5.74) is 4.30. The fourth-order valence-electron chi connectivity index (χ4n) is 8.18. The van der Waals surface area contributed by atoms with E-state index >= 15 is 0 Å². The highest BCUT2D eigenvalue weighted by molar-refractivity contribution is 6.70. The zero-order valence-corrected chi connectivity index (χ0v) is 31.3. The molecule has 0 spiro atoms. The molecule has 0 aliphatic rings. The molecule has 0 unspecified atom stereocenters. The molecule has 0 N–H and O–H groups in total. The minimum Gasteiger partial charge on any atom is -0.456 e. The summed E-state index contributed by atoms with van der Waals surface area (Å²) in [6, 6.07) is 35.3. The quantitative estimate of drug-likeness (QED) is 0.187. The van der Waals surface area contributed by atoms with Gasteiger partial charge in [0.15, 0.2) is 17.5 Å². The average molecular weight is 724 g/mol. The molecule has 8 aromatic carbocycles. The van der Waals surface area contributed by atoms with Gasteiger partial charge in [0.25, 0.3) is 0 Å². The van der Waals surface area contributed by atoms with E-state index in [1.807, 2.05) is 24.3 Å². The third-order valence-corrected chi connectivity index (χ3v) is 11.3. The summed E-state index contributed by atoms with van der Waals surface area (Å²) in [6.45, 7) is 0. The van der Waals surface area contributed by atoms with Crippen LogP contribution in [0.3, 0.4) is 0 Å². The zero-order valence-electron chi connectivity index (χ0n) is 31.3. The summed E-state index contributed by atoms with van der Waals surface area (Å²) in [5.74, 6) is 0.202. The molecule has 0 atom stereocenters. The first-order chi connectivity index (χ1) is 28.4. The number of hydrogen-bond donors (Lipinski definition) is 0. The highest BCUT2D eigenvalue weighted by atomic mass is 16.3. The standard InChI is InChI=1S/C45H17B10N3O/c46-33-31(34(47)38(51)41(54)37(33)50)44-56-43(57-45(58-44)32-35(48)39(52)42(55)40(53)36(32)49)25-10-5-11-29-30(25)27-17-19(13-15-28(27)59-29)18-12-14-24-22-8-2-1-6-20(22)21-7-3-4-9-23(21)26(24)16-18/h1-17H. The molecule has 14 heteroatoms. The maximum Gasteiger partial charge on any atom is 0.164 e. The van der Waals surface area contributed by atoms with Crippen LogP contribution < -0.4 is 54.6 Å². The fourth-order valence-corrected chi connectivity index (χ4v) is 8.18. The highest BCUT2D eigenvalue weighted by Crippen LogP contribution is 2.40. The van der Waals surface area contributed by atoms with Crippen LogP contribution in [0.15, 0.2) is 108 Å². The summed E-state index contributed by atoms with van der Waals surface area (Å²) < 4.78 is 6.43. The van der Waals surface area contributed by atoms with E-state index in [0.717, 1.165) is 27.3 Å². The van der Waals surface area contributed by atoms with Crippen LogP contribution in [0.5, 0.6) is 0 Å². The molecule has 0 aliphatic carbocycles. The van der Waals surface area contributed by atoms with Crippen molar-refractivity contribution in [3.8, 4) is 45.3 Å². The molecule has 10 rings (SSSR count). The Morgan fingerprint density at radius 1 is 0.322 bits per heavy atom. The third-order valence-electron chi connectivity index (χ3n) is 11.3. The van der Waals surface area contributed by atoms with Crippen LogP contribution in [0.2, 0.25) is 0 Å². The zero-order chi connectivity index (χ0) is 41.0. The smallest absolute Gasteiger partial charge is 0.164 e. The molecule has 4 nitrogen and oxygen atoms in total. The maximum atomic E-state index is 6.54. The lowest BCUT2D eigenvalue weighted by Gasteiger charge is -2.22. The van der Waals surface area contributed by atoms with Gasteiger partial charge in [0.2, 0.25) is 0 Å². The first-order valence-corrected chi connectivity index (χ1v) is 18.5. The summed E-state index contributed by atoms with van der Waals surface area (Å²) in [4.78, 5) is 14.6. The van der Waals surface area contributed by atoms with E-state index < -0.39 is 0 Å². The van der Waals surface area contributed by atoms with E-state index in [0.29, 0.717) is 16.7 Å². The monoisotopic (exact) mass is 725 g/mol. The molecule has 59 heavy (non-hydrogen) atoms. The minimum atomic E-state index is 0.00701. The van der Waals surface area contributed by atoms with Gasteiger partial charge < -0.3 is 4.42 Å². The molecule has 248 valence electrons. The van der Waals surface area contributed by atoms with Gasteiger partial charge in [-0.15, -0.1) is 32.8 Å². The van der Waals surface area contributed by atoms with Crippen molar-refractivity contribution in [2.24, 2.45) is 0 Å². The molecule has 0 amide bonds. The Bertz CT molecular complexity index is 3300. The van der Waals surface area contributed by atoms with Gasteiger partial charge in [0.1, 0.15) is 89.6 Å². The van der Waals surface area contributed by atoms with Crippen molar-refractivity contribution in [2.75, 3.05) is 0 Å². The van der Waals surface area contributed by atoms with Crippen molar-refractivity contribution in [2.45, 2.75) is 0 Å². The Morgan fingerprint density at radius 3 is 1.24 bits per heavy atom. The predicted molar refractivity (Wildman–Crippen MR) is 255 cm³/mol. The molecule has 2 heterocycles. The van der Waals surface area contributed by atoms with Crippen LogP contribution in [0, 0.1) is 0 Å². The Labute approximate surface area is 353 Å². The molecule has 20 radical (unpaired) electrons. The van der Waals surface area contributed by atoms with Gasteiger partial charge >= 0.3 is 0 Å². The van der Waals surface area contributed by atoms with Gasteiger partial charge in [-0.1, -0.05) is 101 Å². The summed E-state index contributed by atoms with van der Waals surface area (Å²) >= 11 is 0. The third kappa shape index (κ3) is 5.63.